The number of methoxy groups -OCH3 is 1. The molecule has 2 aromatic rings. The van der Waals surface area contributed by atoms with Crippen molar-refractivity contribution in [2.75, 3.05) is 12.9 Å². The van der Waals surface area contributed by atoms with E-state index in [-0.39, 0.29) is 13.0 Å². The highest BCUT2D eigenvalue weighted by atomic mass is 32.2. The van der Waals surface area contributed by atoms with Gasteiger partial charge >= 0.3 is 5.97 Å². The molecule has 21 heavy (non-hydrogen) atoms. The van der Waals surface area contributed by atoms with Crippen LogP contribution in [0.3, 0.4) is 0 Å². The molecule has 0 amide bonds. The molecule has 0 spiro atoms. The highest BCUT2D eigenvalue weighted by molar-refractivity contribution is 7.99. The third kappa shape index (κ3) is 3.73. The normalized spacial score (nSPS) is 10.6. The van der Waals surface area contributed by atoms with Gasteiger partial charge < -0.3 is 15.6 Å². The molecule has 8 heteroatoms. The molecule has 0 fully saturated rings. The predicted octanol–water partition coefficient (Wildman–Crippen LogP) is 1.30. The van der Waals surface area contributed by atoms with Gasteiger partial charge in [-0.05, 0) is 12.1 Å². The van der Waals surface area contributed by atoms with E-state index in [0.29, 0.717) is 22.5 Å². The largest absolute Gasteiger partial charge is 0.497 e. The maximum atomic E-state index is 10.6. The number of carboxylic acid groups (broad SMARTS) is 1. The monoisotopic (exact) mass is 308 g/mol. The minimum Gasteiger partial charge on any atom is -0.497 e. The molecule has 0 atom stereocenters. The molecule has 0 radical (unpaired) electrons. The molecule has 0 saturated carbocycles. The average molecular weight is 308 g/mol. The predicted molar refractivity (Wildman–Crippen MR) is 78.8 cm³/mol. The number of aromatic nitrogens is 3. The van der Waals surface area contributed by atoms with E-state index in [1.807, 2.05) is 28.8 Å². The molecule has 1 heterocycles. The Bertz CT molecular complexity index is 630. The number of hydrogen-bond donors (Lipinski definition) is 2. The lowest BCUT2D eigenvalue weighted by Crippen LogP contribution is -2.08. The van der Waals surface area contributed by atoms with E-state index in [9.17, 15) is 4.79 Å². The highest BCUT2D eigenvalue weighted by Crippen LogP contribution is 2.24. The first-order chi connectivity index (χ1) is 10.2. The number of hydrogen-bond acceptors (Lipinski definition) is 6. The lowest BCUT2D eigenvalue weighted by molar-refractivity contribution is -0.136. The van der Waals surface area contributed by atoms with Gasteiger partial charge in [0.05, 0.1) is 25.8 Å². The average Bonchev–Trinajstić information content (AvgIpc) is 2.90. The molecule has 0 bridgehead atoms. The van der Waals surface area contributed by atoms with Gasteiger partial charge in [-0.15, -0.1) is 10.2 Å². The van der Waals surface area contributed by atoms with Crippen LogP contribution in [0, 0.1) is 0 Å². The van der Waals surface area contributed by atoms with Gasteiger partial charge in [0.1, 0.15) is 5.75 Å². The van der Waals surface area contributed by atoms with Crippen molar-refractivity contribution in [2.45, 2.75) is 18.1 Å². The first-order valence-electron chi connectivity index (χ1n) is 6.29. The van der Waals surface area contributed by atoms with Gasteiger partial charge in [-0.1, -0.05) is 17.8 Å². The van der Waals surface area contributed by atoms with Crippen molar-refractivity contribution >= 4 is 17.7 Å². The van der Waals surface area contributed by atoms with E-state index in [0.717, 1.165) is 5.69 Å². The summed E-state index contributed by atoms with van der Waals surface area (Å²) in [6, 6.07) is 7.45. The van der Waals surface area contributed by atoms with Crippen LogP contribution in [0.1, 0.15) is 12.2 Å². The van der Waals surface area contributed by atoms with Gasteiger partial charge in [-0.25, -0.2) is 0 Å². The summed E-state index contributed by atoms with van der Waals surface area (Å²) in [5.74, 6) is 0.905. The Morgan fingerprint density at radius 2 is 2.29 bits per heavy atom. The second-order valence-corrected chi connectivity index (χ2v) is 5.19. The summed E-state index contributed by atoms with van der Waals surface area (Å²) in [6.45, 7) is 0.240. The number of nitrogens with two attached hydrogens (primary N) is 1. The minimum atomic E-state index is -0.839. The lowest BCUT2D eigenvalue weighted by atomic mass is 10.3. The second kappa shape index (κ2) is 7.09. The molecule has 7 nitrogen and oxygen atoms in total. The summed E-state index contributed by atoms with van der Waals surface area (Å²) in [5, 5.41) is 17.4. The fourth-order valence-electron chi connectivity index (χ4n) is 1.76. The van der Waals surface area contributed by atoms with E-state index in [2.05, 4.69) is 10.2 Å². The molecule has 0 aliphatic rings. The summed E-state index contributed by atoms with van der Waals surface area (Å²) in [5.41, 5.74) is 6.52. The van der Waals surface area contributed by atoms with E-state index < -0.39 is 5.97 Å². The number of thioether (sulfide) groups is 1. The summed E-state index contributed by atoms with van der Waals surface area (Å²) in [7, 11) is 1.59. The number of nitrogens with zero attached hydrogens (tertiary/aromatic N) is 3. The Hall–Kier alpha value is -2.06. The summed E-state index contributed by atoms with van der Waals surface area (Å²) in [4.78, 5) is 10.6. The second-order valence-electron chi connectivity index (χ2n) is 4.13. The van der Waals surface area contributed by atoms with Crippen LogP contribution in [0.2, 0.25) is 0 Å². The zero-order valence-electron chi connectivity index (χ0n) is 11.5. The summed E-state index contributed by atoms with van der Waals surface area (Å²) >= 11 is 1.33. The van der Waals surface area contributed by atoms with Crippen LogP contribution in [-0.4, -0.2) is 38.7 Å². The van der Waals surface area contributed by atoms with Crippen molar-refractivity contribution in [1.29, 1.82) is 0 Å². The molecule has 0 unspecified atom stereocenters. The standard InChI is InChI=1S/C13H16N4O3S/c1-20-10-4-2-3-9(7-10)17-11(8-14)15-16-13(17)21-6-5-12(18)19/h2-4,7H,5-6,8,14H2,1H3,(H,18,19). The number of benzene rings is 1. The number of ether oxygens (including phenoxy) is 1. The van der Waals surface area contributed by atoms with Gasteiger partial charge in [0.25, 0.3) is 0 Å². The van der Waals surface area contributed by atoms with Gasteiger partial charge in [-0.3, -0.25) is 9.36 Å². The number of aliphatic carboxylic acids is 1. The van der Waals surface area contributed by atoms with E-state index in [1.54, 1.807) is 7.11 Å². The van der Waals surface area contributed by atoms with E-state index in [1.165, 1.54) is 11.8 Å². The van der Waals surface area contributed by atoms with Crippen LogP contribution in [0.25, 0.3) is 5.69 Å². The summed E-state index contributed by atoms with van der Waals surface area (Å²) in [6.07, 6.45) is 0.0631. The number of rotatable bonds is 7. The van der Waals surface area contributed by atoms with E-state index >= 15 is 0 Å². The third-order valence-corrected chi connectivity index (χ3v) is 3.67. The van der Waals surface area contributed by atoms with Crippen LogP contribution in [0.15, 0.2) is 29.4 Å². The van der Waals surface area contributed by atoms with Crippen LogP contribution in [-0.2, 0) is 11.3 Å². The molecular weight excluding hydrogens is 292 g/mol. The maximum absolute atomic E-state index is 10.6. The SMILES string of the molecule is COc1cccc(-n2c(CN)nnc2SCCC(=O)O)c1. The van der Waals surface area contributed by atoms with Crippen LogP contribution in [0.4, 0.5) is 0 Å². The van der Waals surface area contributed by atoms with Crippen molar-refractivity contribution in [2.24, 2.45) is 5.73 Å². The van der Waals surface area contributed by atoms with Crippen LogP contribution >= 0.6 is 11.8 Å². The molecule has 1 aromatic carbocycles. The van der Waals surface area contributed by atoms with Crippen LogP contribution in [0.5, 0.6) is 5.75 Å². The number of carboxylic acids is 1. The first kappa shape index (κ1) is 15.3. The molecule has 0 aliphatic carbocycles. The Kier molecular flexibility index (Phi) is 5.18. The topological polar surface area (TPSA) is 103 Å². The van der Waals surface area contributed by atoms with Crippen molar-refractivity contribution in [3.8, 4) is 11.4 Å². The van der Waals surface area contributed by atoms with Gasteiger partial charge in [0, 0.05) is 11.8 Å². The molecule has 2 rings (SSSR count). The number of carbonyl (C=O) groups is 1. The van der Waals surface area contributed by atoms with Crippen molar-refractivity contribution < 1.29 is 14.6 Å². The van der Waals surface area contributed by atoms with Crippen molar-refractivity contribution in [3.05, 3.63) is 30.1 Å². The fourth-order valence-corrected chi connectivity index (χ4v) is 2.66. The van der Waals surface area contributed by atoms with Gasteiger partial charge in [0.15, 0.2) is 11.0 Å². The molecule has 3 N–H and O–H groups in total. The van der Waals surface area contributed by atoms with Crippen LogP contribution < -0.4 is 10.5 Å². The van der Waals surface area contributed by atoms with Crippen molar-refractivity contribution in [1.82, 2.24) is 14.8 Å². The molecule has 1 aromatic heterocycles. The fraction of sp³-hybridized carbons (Fsp3) is 0.308. The highest BCUT2D eigenvalue weighted by Gasteiger charge is 2.14. The Morgan fingerprint density at radius 1 is 1.48 bits per heavy atom. The first-order valence-corrected chi connectivity index (χ1v) is 7.27. The van der Waals surface area contributed by atoms with Crippen molar-refractivity contribution in [3.63, 3.8) is 0 Å². The smallest absolute Gasteiger partial charge is 0.304 e. The van der Waals surface area contributed by atoms with Gasteiger partial charge in [-0.2, -0.15) is 0 Å². The Labute approximate surface area is 126 Å². The lowest BCUT2D eigenvalue weighted by Gasteiger charge is -2.10. The molecule has 0 aliphatic heterocycles. The summed E-state index contributed by atoms with van der Waals surface area (Å²) < 4.78 is 7.02. The maximum Gasteiger partial charge on any atom is 0.304 e. The zero-order valence-corrected chi connectivity index (χ0v) is 12.3. The zero-order chi connectivity index (χ0) is 15.2. The quantitative estimate of drug-likeness (QED) is 0.743. The third-order valence-electron chi connectivity index (χ3n) is 2.74. The molecular formula is C13H16N4O3S. The molecule has 0 saturated heterocycles. The Morgan fingerprint density at radius 3 is 2.95 bits per heavy atom. The van der Waals surface area contributed by atoms with Gasteiger partial charge in [0.2, 0.25) is 0 Å². The minimum absolute atomic E-state index is 0.0631. The van der Waals surface area contributed by atoms with E-state index in [4.69, 9.17) is 15.6 Å². The Balaban J connectivity index is 2.31. The molecule has 112 valence electrons.